The first-order chi connectivity index (χ1) is 8.68. The van der Waals surface area contributed by atoms with E-state index in [4.69, 9.17) is 0 Å². The molecule has 6 heteroatoms. The summed E-state index contributed by atoms with van der Waals surface area (Å²) in [6.45, 7) is 1.86. The molecule has 0 aliphatic heterocycles. The Bertz CT molecular complexity index is 500. The number of benzene rings is 1. The minimum atomic E-state index is -0.219. The van der Waals surface area contributed by atoms with Gasteiger partial charge < -0.3 is 4.90 Å². The molecule has 0 saturated heterocycles. The van der Waals surface area contributed by atoms with Crippen molar-refractivity contribution in [2.24, 2.45) is 0 Å². The van der Waals surface area contributed by atoms with Crippen molar-refractivity contribution in [3.05, 3.63) is 36.7 Å². The van der Waals surface area contributed by atoms with Crippen LogP contribution in [0.25, 0.3) is 0 Å². The summed E-state index contributed by atoms with van der Waals surface area (Å²) < 4.78 is 0. The summed E-state index contributed by atoms with van der Waals surface area (Å²) in [5.41, 5.74) is 0.882. The maximum Gasteiger partial charge on any atom is 0.240 e. The van der Waals surface area contributed by atoms with E-state index in [-0.39, 0.29) is 11.2 Å². The van der Waals surface area contributed by atoms with E-state index in [1.165, 1.54) is 18.1 Å². The minimum Gasteiger partial charge on any atom is -0.315 e. The number of nitrogens with one attached hydrogen (secondary N) is 1. The molecule has 2 aromatic rings. The summed E-state index contributed by atoms with van der Waals surface area (Å²) in [5.74, 6) is 0.0302. The summed E-state index contributed by atoms with van der Waals surface area (Å²) in [5, 5.41) is 6.92. The highest BCUT2D eigenvalue weighted by atomic mass is 32.2. The first-order valence-corrected chi connectivity index (χ1v) is 6.41. The molecule has 0 bridgehead atoms. The number of amides is 1. The molecule has 1 aromatic carbocycles. The van der Waals surface area contributed by atoms with E-state index >= 15 is 0 Å². The van der Waals surface area contributed by atoms with Gasteiger partial charge in [0.05, 0.1) is 5.25 Å². The van der Waals surface area contributed by atoms with Gasteiger partial charge in [0.25, 0.3) is 0 Å². The van der Waals surface area contributed by atoms with E-state index in [0.717, 1.165) is 5.69 Å². The van der Waals surface area contributed by atoms with E-state index in [2.05, 4.69) is 15.2 Å². The fourth-order valence-electron chi connectivity index (χ4n) is 1.52. The van der Waals surface area contributed by atoms with Crippen LogP contribution in [0, 0.1) is 0 Å². The molecule has 5 nitrogen and oxygen atoms in total. The Morgan fingerprint density at radius 2 is 2.11 bits per heavy atom. The number of carbonyl (C=O) groups is 1. The van der Waals surface area contributed by atoms with Crippen LogP contribution in [-0.4, -0.2) is 33.4 Å². The van der Waals surface area contributed by atoms with Crippen LogP contribution in [0.2, 0.25) is 0 Å². The summed E-state index contributed by atoms with van der Waals surface area (Å²) in [6.07, 6.45) is 1.43. The average molecular weight is 262 g/mol. The zero-order chi connectivity index (χ0) is 13.0. The van der Waals surface area contributed by atoms with Crippen LogP contribution >= 0.6 is 11.8 Å². The number of hydrogen-bond acceptors (Lipinski definition) is 4. The molecule has 0 unspecified atom stereocenters. The molecule has 1 amide bonds. The second-order valence-corrected chi connectivity index (χ2v) is 5.11. The fraction of sp³-hybridized carbons (Fsp3) is 0.250. The Balaban J connectivity index is 2.02. The third-order valence-corrected chi connectivity index (χ3v) is 3.48. The van der Waals surface area contributed by atoms with Crippen molar-refractivity contribution >= 4 is 23.4 Å². The van der Waals surface area contributed by atoms with Gasteiger partial charge >= 0.3 is 0 Å². The number of thioether (sulfide) groups is 1. The topological polar surface area (TPSA) is 61.9 Å². The number of rotatable bonds is 4. The van der Waals surface area contributed by atoms with Gasteiger partial charge in [-0.25, -0.2) is 4.98 Å². The van der Waals surface area contributed by atoms with E-state index in [0.29, 0.717) is 5.16 Å². The lowest BCUT2D eigenvalue weighted by Gasteiger charge is -2.20. The van der Waals surface area contributed by atoms with Crippen LogP contribution in [0.15, 0.2) is 41.8 Å². The number of para-hydroxylation sites is 1. The molecule has 1 heterocycles. The van der Waals surface area contributed by atoms with Crippen LogP contribution in [0.5, 0.6) is 0 Å². The van der Waals surface area contributed by atoms with Gasteiger partial charge in [-0.2, -0.15) is 5.10 Å². The highest BCUT2D eigenvalue weighted by Crippen LogP contribution is 2.22. The van der Waals surface area contributed by atoms with Crippen LogP contribution < -0.4 is 4.90 Å². The van der Waals surface area contributed by atoms with Gasteiger partial charge in [-0.3, -0.25) is 9.89 Å². The Morgan fingerprint density at radius 3 is 2.72 bits per heavy atom. The van der Waals surface area contributed by atoms with Crippen molar-refractivity contribution in [3.8, 4) is 0 Å². The van der Waals surface area contributed by atoms with Gasteiger partial charge in [0.2, 0.25) is 5.91 Å². The van der Waals surface area contributed by atoms with E-state index in [9.17, 15) is 4.79 Å². The van der Waals surface area contributed by atoms with Gasteiger partial charge in [0.15, 0.2) is 5.16 Å². The molecule has 18 heavy (non-hydrogen) atoms. The van der Waals surface area contributed by atoms with Crippen LogP contribution in [0.1, 0.15) is 6.92 Å². The summed E-state index contributed by atoms with van der Waals surface area (Å²) >= 11 is 1.36. The molecule has 1 aromatic heterocycles. The second kappa shape index (κ2) is 5.68. The second-order valence-electron chi connectivity index (χ2n) is 3.78. The van der Waals surface area contributed by atoms with Crippen molar-refractivity contribution in [1.82, 2.24) is 15.2 Å². The van der Waals surface area contributed by atoms with Crippen LogP contribution in [-0.2, 0) is 4.79 Å². The fourth-order valence-corrected chi connectivity index (χ4v) is 2.33. The lowest BCUT2D eigenvalue weighted by atomic mass is 10.3. The van der Waals surface area contributed by atoms with Gasteiger partial charge in [-0.1, -0.05) is 30.0 Å². The normalized spacial score (nSPS) is 12.1. The third kappa shape index (κ3) is 2.89. The van der Waals surface area contributed by atoms with Gasteiger partial charge in [-0.05, 0) is 19.1 Å². The van der Waals surface area contributed by atoms with Crippen molar-refractivity contribution in [2.45, 2.75) is 17.3 Å². The lowest BCUT2D eigenvalue weighted by Crippen LogP contribution is -2.33. The number of hydrogen-bond donors (Lipinski definition) is 1. The quantitative estimate of drug-likeness (QED) is 0.855. The first kappa shape index (κ1) is 12.6. The Labute approximate surface area is 110 Å². The number of carbonyl (C=O) groups excluding carboxylic acids is 1. The van der Waals surface area contributed by atoms with E-state index < -0.39 is 0 Å². The highest BCUT2D eigenvalue weighted by Gasteiger charge is 2.20. The van der Waals surface area contributed by atoms with Crippen molar-refractivity contribution in [3.63, 3.8) is 0 Å². The van der Waals surface area contributed by atoms with Gasteiger partial charge in [-0.15, -0.1) is 0 Å². The smallest absolute Gasteiger partial charge is 0.240 e. The monoisotopic (exact) mass is 262 g/mol. The first-order valence-electron chi connectivity index (χ1n) is 5.53. The predicted molar refractivity (Wildman–Crippen MR) is 71.6 cm³/mol. The molecule has 1 N–H and O–H groups in total. The third-order valence-electron chi connectivity index (χ3n) is 2.50. The van der Waals surface area contributed by atoms with Crippen molar-refractivity contribution < 1.29 is 4.79 Å². The summed E-state index contributed by atoms with van der Waals surface area (Å²) in [6, 6.07) is 9.56. The van der Waals surface area contributed by atoms with E-state index in [1.807, 2.05) is 37.3 Å². The molecule has 0 fully saturated rings. The van der Waals surface area contributed by atoms with Crippen molar-refractivity contribution in [2.75, 3.05) is 11.9 Å². The molecule has 1 atom stereocenters. The number of aromatic amines is 1. The number of aromatic nitrogens is 3. The van der Waals surface area contributed by atoms with Crippen LogP contribution in [0.3, 0.4) is 0 Å². The van der Waals surface area contributed by atoms with Gasteiger partial charge in [0, 0.05) is 12.7 Å². The minimum absolute atomic E-state index is 0.0302. The molecular formula is C12H14N4OS. The molecule has 94 valence electrons. The Kier molecular flexibility index (Phi) is 3.99. The SMILES string of the molecule is C[C@@H](Sc1ncn[nH]1)C(=O)N(C)c1ccccc1. The zero-order valence-electron chi connectivity index (χ0n) is 10.2. The molecule has 0 saturated carbocycles. The number of anilines is 1. The van der Waals surface area contributed by atoms with Gasteiger partial charge in [0.1, 0.15) is 6.33 Å². The Morgan fingerprint density at radius 1 is 1.39 bits per heavy atom. The molecule has 2 rings (SSSR count). The van der Waals surface area contributed by atoms with E-state index in [1.54, 1.807) is 11.9 Å². The predicted octanol–water partition coefficient (Wildman–Crippen LogP) is 1.95. The summed E-state index contributed by atoms with van der Waals surface area (Å²) in [4.78, 5) is 17.9. The largest absolute Gasteiger partial charge is 0.315 e. The number of nitrogens with zero attached hydrogens (tertiary/aromatic N) is 3. The lowest BCUT2D eigenvalue weighted by molar-refractivity contribution is -0.117. The maximum absolute atomic E-state index is 12.2. The van der Waals surface area contributed by atoms with Crippen LogP contribution in [0.4, 0.5) is 5.69 Å². The molecule has 0 aliphatic rings. The highest BCUT2D eigenvalue weighted by molar-refractivity contribution is 8.00. The number of H-pyrrole nitrogens is 1. The molecule has 0 radical (unpaired) electrons. The zero-order valence-corrected chi connectivity index (χ0v) is 11.0. The maximum atomic E-state index is 12.2. The molecule has 0 spiro atoms. The summed E-state index contributed by atoms with van der Waals surface area (Å²) in [7, 11) is 1.77. The average Bonchev–Trinajstić information content (AvgIpc) is 2.91. The van der Waals surface area contributed by atoms with Crippen molar-refractivity contribution in [1.29, 1.82) is 0 Å². The molecular weight excluding hydrogens is 248 g/mol. The Hall–Kier alpha value is -1.82. The molecule has 0 aliphatic carbocycles. The standard InChI is InChI=1S/C12H14N4OS/c1-9(18-12-13-8-14-15-12)11(17)16(2)10-6-4-3-5-7-10/h3-9H,1-2H3,(H,13,14,15)/t9-/m1/s1.